The summed E-state index contributed by atoms with van der Waals surface area (Å²) in [6.45, 7) is 2.21. The van der Waals surface area contributed by atoms with E-state index in [0.717, 1.165) is 6.42 Å². The van der Waals surface area contributed by atoms with Gasteiger partial charge in [0.25, 0.3) is 0 Å². The normalized spacial score (nSPS) is 10.7. The van der Waals surface area contributed by atoms with Crippen molar-refractivity contribution in [3.05, 3.63) is 83.4 Å². The number of hydrogen-bond acceptors (Lipinski definition) is 0. The van der Waals surface area contributed by atoms with Crippen LogP contribution in [0.15, 0.2) is 60.7 Å². The standard InChI is InChI=1S/C20H17.U/c1-2-17-14-15-18(20-11-7-6-10-19(17)20)13-12-16-8-4-3-5-9-16;/h4-15H,2H2,1H3;/q-1;/b13-12+;. The van der Waals surface area contributed by atoms with Gasteiger partial charge in [-0.1, -0.05) is 55.5 Å². The molecule has 0 bridgehead atoms. The number of benzene rings is 3. The van der Waals surface area contributed by atoms with E-state index >= 15 is 0 Å². The molecule has 102 valence electrons. The molecule has 0 saturated heterocycles. The smallest absolute Gasteiger partial charge is 0 e. The van der Waals surface area contributed by atoms with Crippen LogP contribution in [0.3, 0.4) is 0 Å². The Labute approximate surface area is 150 Å². The van der Waals surface area contributed by atoms with E-state index < -0.39 is 0 Å². The van der Waals surface area contributed by atoms with Crippen molar-refractivity contribution in [2.24, 2.45) is 0 Å². The van der Waals surface area contributed by atoms with E-state index in [1.54, 1.807) is 0 Å². The molecular formula is C20H17U-. The molecule has 0 aromatic heterocycles. The first-order valence-electron chi connectivity index (χ1n) is 7.03. The van der Waals surface area contributed by atoms with Crippen molar-refractivity contribution in [2.45, 2.75) is 13.3 Å². The summed E-state index contributed by atoms with van der Waals surface area (Å²) in [6, 6.07) is 24.1. The van der Waals surface area contributed by atoms with Crippen molar-refractivity contribution in [1.29, 1.82) is 0 Å². The van der Waals surface area contributed by atoms with Crippen LogP contribution in [-0.2, 0) is 6.42 Å². The van der Waals surface area contributed by atoms with E-state index in [-0.39, 0.29) is 31.1 Å². The Morgan fingerprint density at radius 2 is 1.57 bits per heavy atom. The van der Waals surface area contributed by atoms with E-state index in [1.165, 1.54) is 27.5 Å². The quantitative estimate of drug-likeness (QED) is 0.339. The minimum Gasteiger partial charge on any atom is -0.184 e. The van der Waals surface area contributed by atoms with Gasteiger partial charge in [0, 0.05) is 31.1 Å². The van der Waals surface area contributed by atoms with Gasteiger partial charge < -0.3 is 0 Å². The molecule has 0 fully saturated rings. The summed E-state index contributed by atoms with van der Waals surface area (Å²) in [5.74, 6) is 0. The number of hydrogen-bond donors (Lipinski definition) is 0. The summed E-state index contributed by atoms with van der Waals surface area (Å²) >= 11 is 0. The second kappa shape index (κ2) is 7.64. The van der Waals surface area contributed by atoms with Crippen molar-refractivity contribution in [2.75, 3.05) is 0 Å². The number of rotatable bonds is 3. The molecule has 21 heavy (non-hydrogen) atoms. The van der Waals surface area contributed by atoms with Gasteiger partial charge in [-0.15, -0.1) is 5.56 Å². The minimum absolute atomic E-state index is 0. The molecule has 0 heterocycles. The molecule has 1 heteroatoms. The Morgan fingerprint density at radius 3 is 2.29 bits per heavy atom. The summed E-state index contributed by atoms with van der Waals surface area (Å²) in [4.78, 5) is 0. The fourth-order valence-electron chi connectivity index (χ4n) is 2.54. The van der Waals surface area contributed by atoms with Gasteiger partial charge >= 0.3 is 0 Å². The Kier molecular flexibility index (Phi) is 5.86. The van der Waals surface area contributed by atoms with Gasteiger partial charge in [0.1, 0.15) is 0 Å². The number of aryl methyl sites for hydroxylation is 1. The zero-order valence-corrected chi connectivity index (χ0v) is 16.3. The first-order valence-corrected chi connectivity index (χ1v) is 7.03. The molecule has 3 rings (SSSR count). The van der Waals surface area contributed by atoms with Crippen molar-refractivity contribution >= 4 is 22.9 Å². The molecule has 0 aliphatic heterocycles. The van der Waals surface area contributed by atoms with Gasteiger partial charge in [-0.2, -0.15) is 30.3 Å². The molecule has 3 aromatic carbocycles. The van der Waals surface area contributed by atoms with E-state index in [9.17, 15) is 0 Å². The molecule has 0 saturated carbocycles. The molecule has 3 aromatic rings. The van der Waals surface area contributed by atoms with E-state index in [0.29, 0.717) is 0 Å². The zero-order chi connectivity index (χ0) is 13.8. The Hall–Kier alpha value is -1.29. The maximum Gasteiger partial charge on any atom is 0 e. The van der Waals surface area contributed by atoms with Crippen molar-refractivity contribution in [3.63, 3.8) is 0 Å². The zero-order valence-electron chi connectivity index (χ0n) is 12.1. The second-order valence-electron chi connectivity index (χ2n) is 4.88. The molecule has 0 atom stereocenters. The van der Waals surface area contributed by atoms with Gasteiger partial charge in [0.2, 0.25) is 0 Å². The molecule has 0 aliphatic rings. The van der Waals surface area contributed by atoms with Crippen LogP contribution in [0.4, 0.5) is 0 Å². The fraction of sp³-hybridized carbons (Fsp3) is 0.100. The largest absolute Gasteiger partial charge is 0.184 e. The summed E-state index contributed by atoms with van der Waals surface area (Å²) in [7, 11) is 0. The van der Waals surface area contributed by atoms with Gasteiger partial charge in [0.05, 0.1) is 0 Å². The minimum atomic E-state index is 0. The molecule has 0 aliphatic carbocycles. The number of fused-ring (bicyclic) bond motifs is 1. The summed E-state index contributed by atoms with van der Waals surface area (Å²) in [5.41, 5.74) is 3.88. The third-order valence-electron chi connectivity index (χ3n) is 3.63. The Balaban J connectivity index is 0.00000161. The molecule has 0 spiro atoms. The van der Waals surface area contributed by atoms with Crippen LogP contribution in [-0.4, -0.2) is 0 Å². The summed E-state index contributed by atoms with van der Waals surface area (Å²) < 4.78 is 0. The van der Waals surface area contributed by atoms with Gasteiger partial charge in [-0.05, 0) is 28.3 Å². The Bertz CT molecular complexity index is 742. The van der Waals surface area contributed by atoms with Crippen LogP contribution in [0, 0.1) is 37.2 Å². The van der Waals surface area contributed by atoms with Crippen molar-refractivity contribution in [1.82, 2.24) is 0 Å². The average molecular weight is 495 g/mol. The van der Waals surface area contributed by atoms with Gasteiger partial charge in [0.15, 0.2) is 0 Å². The van der Waals surface area contributed by atoms with Crippen LogP contribution >= 0.6 is 0 Å². The fourth-order valence-corrected chi connectivity index (χ4v) is 2.54. The predicted octanol–water partition coefficient (Wildman–Crippen LogP) is 5.37. The maximum absolute atomic E-state index is 3.04. The topological polar surface area (TPSA) is 0 Å². The predicted molar refractivity (Wildman–Crippen MR) is 87.5 cm³/mol. The van der Waals surface area contributed by atoms with Crippen LogP contribution in [0.25, 0.3) is 22.9 Å². The molecule has 0 amide bonds. The van der Waals surface area contributed by atoms with Crippen LogP contribution in [0.5, 0.6) is 0 Å². The van der Waals surface area contributed by atoms with Crippen LogP contribution in [0.1, 0.15) is 23.6 Å². The molecule has 0 unspecified atom stereocenters. The second-order valence-corrected chi connectivity index (χ2v) is 4.88. The van der Waals surface area contributed by atoms with E-state index in [4.69, 9.17) is 0 Å². The first kappa shape index (κ1) is 16.1. The maximum atomic E-state index is 3.04. The van der Waals surface area contributed by atoms with Gasteiger partial charge in [-0.25, -0.2) is 0 Å². The third kappa shape index (κ3) is 3.67. The monoisotopic (exact) mass is 495 g/mol. The Morgan fingerprint density at radius 1 is 0.857 bits per heavy atom. The summed E-state index contributed by atoms with van der Waals surface area (Å²) in [6.07, 6.45) is 5.41. The average Bonchev–Trinajstić information content (AvgIpc) is 2.53. The summed E-state index contributed by atoms with van der Waals surface area (Å²) in [5, 5.41) is 2.68. The van der Waals surface area contributed by atoms with Crippen molar-refractivity contribution < 1.29 is 31.1 Å². The SMILES string of the molecule is CCc1ccc(/C=C/c2cc[c-]cc2)c2ccccc12.[U]. The van der Waals surface area contributed by atoms with Crippen molar-refractivity contribution in [3.8, 4) is 0 Å². The molecule has 0 radical (unpaired) electrons. The first-order chi connectivity index (χ1) is 9.88. The third-order valence-corrected chi connectivity index (χ3v) is 3.63. The van der Waals surface area contributed by atoms with E-state index in [1.807, 2.05) is 12.1 Å². The molecular weight excluding hydrogens is 478 g/mol. The van der Waals surface area contributed by atoms with Gasteiger partial charge in [-0.3, -0.25) is 0 Å². The van der Waals surface area contributed by atoms with E-state index in [2.05, 4.69) is 73.7 Å². The molecule has 0 nitrogen and oxygen atoms in total. The van der Waals surface area contributed by atoms with Crippen LogP contribution < -0.4 is 0 Å². The molecule has 0 N–H and O–H groups in total. The van der Waals surface area contributed by atoms with Crippen LogP contribution in [0.2, 0.25) is 0 Å².